The number of benzene rings is 1. The summed E-state index contributed by atoms with van der Waals surface area (Å²) in [5.74, 6) is 6.96. The molecular weight excluding hydrogens is 339 g/mol. The van der Waals surface area contributed by atoms with Crippen LogP contribution in [0.5, 0.6) is 0 Å². The van der Waals surface area contributed by atoms with E-state index in [2.05, 4.69) is 73.2 Å². The molecule has 2 heteroatoms. The van der Waals surface area contributed by atoms with Gasteiger partial charge in [0, 0.05) is 0 Å². The van der Waals surface area contributed by atoms with E-state index < -0.39 is 19.6 Å². The van der Waals surface area contributed by atoms with Crippen molar-refractivity contribution in [2.75, 3.05) is 0 Å². The van der Waals surface area contributed by atoms with Gasteiger partial charge in [-0.15, -0.1) is 0 Å². The molecule has 0 spiro atoms. The van der Waals surface area contributed by atoms with E-state index in [0.29, 0.717) is 0 Å². The second-order valence-corrected chi connectivity index (χ2v) is 18.5. The van der Waals surface area contributed by atoms with Crippen LogP contribution in [-0.2, 0) is 13.4 Å². The van der Waals surface area contributed by atoms with Crippen LogP contribution in [0, 0.1) is 19.8 Å². The number of rotatable bonds is 4. The van der Waals surface area contributed by atoms with Gasteiger partial charge in [-0.2, -0.15) is 0 Å². The van der Waals surface area contributed by atoms with E-state index >= 15 is 0 Å². The Bertz CT molecular complexity index is 789. The SMILES string of the molecule is [2H]C([2H])(c1cc(-c2ccc(C)cc2C)[n+](C)c[c]1[Ge]([CH3])([CH3])[CH3])C(C)C. The zero-order chi connectivity index (χ0) is 19.2. The Hall–Kier alpha value is -1.09. The third kappa shape index (κ3) is 4.26. The first-order valence-corrected chi connectivity index (χ1v) is 15.8. The molecule has 0 amide bonds. The number of aryl methyl sites for hydroxylation is 3. The molecular formula is C21H32GeN+. The summed E-state index contributed by atoms with van der Waals surface area (Å²) >= 11 is -2.22. The van der Waals surface area contributed by atoms with Crippen molar-refractivity contribution in [1.82, 2.24) is 0 Å². The van der Waals surface area contributed by atoms with Crippen molar-refractivity contribution in [3.63, 3.8) is 0 Å². The molecule has 0 unspecified atom stereocenters. The average Bonchev–Trinajstić information content (AvgIpc) is 2.46. The molecule has 0 aliphatic rings. The summed E-state index contributed by atoms with van der Waals surface area (Å²) in [6, 6.07) is 8.60. The fraction of sp³-hybridized carbons (Fsp3) is 0.476. The van der Waals surface area contributed by atoms with Crippen LogP contribution in [0.2, 0.25) is 17.3 Å². The van der Waals surface area contributed by atoms with Gasteiger partial charge in [0.25, 0.3) is 0 Å². The van der Waals surface area contributed by atoms with Gasteiger partial charge in [-0.3, -0.25) is 0 Å². The quantitative estimate of drug-likeness (QED) is 0.548. The molecule has 1 aromatic carbocycles. The van der Waals surface area contributed by atoms with E-state index in [0.717, 1.165) is 11.3 Å². The fourth-order valence-corrected chi connectivity index (χ4v) is 6.26. The van der Waals surface area contributed by atoms with E-state index in [1.807, 2.05) is 13.8 Å². The second kappa shape index (κ2) is 6.80. The van der Waals surface area contributed by atoms with Gasteiger partial charge in [-0.1, -0.05) is 0 Å². The van der Waals surface area contributed by atoms with Crippen LogP contribution in [0.3, 0.4) is 0 Å². The number of nitrogens with zero attached hydrogens (tertiary/aromatic N) is 1. The van der Waals surface area contributed by atoms with Crippen LogP contribution >= 0.6 is 0 Å². The third-order valence-electron chi connectivity index (χ3n) is 4.18. The van der Waals surface area contributed by atoms with Gasteiger partial charge in [0.1, 0.15) is 0 Å². The summed E-state index contributed by atoms with van der Waals surface area (Å²) in [4.78, 5) is 0. The summed E-state index contributed by atoms with van der Waals surface area (Å²) in [7, 11) is 2.08. The maximum atomic E-state index is 8.75. The predicted molar refractivity (Wildman–Crippen MR) is 104 cm³/mol. The molecule has 0 aliphatic carbocycles. The molecule has 23 heavy (non-hydrogen) atoms. The average molecular weight is 373 g/mol. The Morgan fingerprint density at radius 1 is 1.13 bits per heavy atom. The Kier molecular flexibility index (Phi) is 4.57. The molecule has 0 fully saturated rings. The molecule has 0 bridgehead atoms. The monoisotopic (exact) mass is 374 g/mol. The van der Waals surface area contributed by atoms with Crippen LogP contribution < -0.4 is 8.96 Å². The predicted octanol–water partition coefficient (Wildman–Crippen LogP) is 4.54. The van der Waals surface area contributed by atoms with E-state index in [-0.39, 0.29) is 5.92 Å². The topological polar surface area (TPSA) is 3.88 Å². The van der Waals surface area contributed by atoms with Crippen molar-refractivity contribution in [3.8, 4) is 11.3 Å². The molecule has 0 radical (unpaired) electrons. The minimum atomic E-state index is -2.22. The molecule has 0 atom stereocenters. The van der Waals surface area contributed by atoms with E-state index in [4.69, 9.17) is 2.74 Å². The zero-order valence-electron chi connectivity index (χ0n) is 17.9. The van der Waals surface area contributed by atoms with Gasteiger partial charge in [0.15, 0.2) is 0 Å². The Balaban J connectivity index is 2.81. The normalized spacial score (nSPS) is 14.0. The summed E-state index contributed by atoms with van der Waals surface area (Å²) in [5.41, 5.74) is 5.65. The molecule has 2 rings (SSSR count). The van der Waals surface area contributed by atoms with Crippen LogP contribution in [0.15, 0.2) is 30.5 Å². The van der Waals surface area contributed by atoms with Gasteiger partial charge in [-0.25, -0.2) is 0 Å². The fourth-order valence-electron chi connectivity index (χ4n) is 3.05. The maximum absolute atomic E-state index is 8.75. The van der Waals surface area contributed by atoms with Gasteiger partial charge in [0.2, 0.25) is 0 Å². The number of hydrogen-bond acceptors (Lipinski definition) is 0. The van der Waals surface area contributed by atoms with Crippen molar-refractivity contribution < 1.29 is 7.31 Å². The van der Waals surface area contributed by atoms with Crippen molar-refractivity contribution in [2.45, 2.75) is 51.3 Å². The molecule has 124 valence electrons. The summed E-state index contributed by atoms with van der Waals surface area (Å²) in [6.07, 6.45) is 0.875. The van der Waals surface area contributed by atoms with Crippen molar-refractivity contribution in [3.05, 3.63) is 47.2 Å². The van der Waals surface area contributed by atoms with Crippen molar-refractivity contribution >= 4 is 17.7 Å². The molecule has 0 saturated heterocycles. The summed E-state index contributed by atoms with van der Waals surface area (Å²) in [5, 5.41) is 0. The Morgan fingerprint density at radius 2 is 1.78 bits per heavy atom. The number of pyridine rings is 1. The molecule has 1 nitrogen and oxygen atoms in total. The van der Waals surface area contributed by atoms with Crippen molar-refractivity contribution in [1.29, 1.82) is 0 Å². The first kappa shape index (κ1) is 15.4. The van der Waals surface area contributed by atoms with E-state index in [1.165, 1.54) is 21.1 Å². The van der Waals surface area contributed by atoms with Crippen molar-refractivity contribution in [2.24, 2.45) is 13.0 Å². The van der Waals surface area contributed by atoms with Crippen LogP contribution in [0.1, 0.15) is 33.3 Å². The van der Waals surface area contributed by atoms with Gasteiger partial charge in [-0.05, 0) is 0 Å². The van der Waals surface area contributed by atoms with Crippen LogP contribution in [-0.4, -0.2) is 13.3 Å². The zero-order valence-corrected chi connectivity index (χ0v) is 18.0. The first-order valence-electron chi connectivity index (χ1n) is 9.48. The molecule has 1 aromatic heterocycles. The van der Waals surface area contributed by atoms with Gasteiger partial charge < -0.3 is 0 Å². The molecule has 0 N–H and O–H groups in total. The minimum absolute atomic E-state index is 0.0596. The standard InChI is InChI=1S/C21H32GeN/c1-15(2)11-18-13-21(19-10-9-16(3)12-17(19)4)23(8)14-20(18)22(5,6)7/h9-10,12-15H,11H2,1-8H3/q+1/i11D2. The van der Waals surface area contributed by atoms with Gasteiger partial charge in [0.05, 0.1) is 0 Å². The van der Waals surface area contributed by atoms with Crippen LogP contribution in [0.4, 0.5) is 0 Å². The number of aromatic nitrogens is 1. The van der Waals surface area contributed by atoms with Crippen LogP contribution in [0.25, 0.3) is 11.3 Å². The van der Waals surface area contributed by atoms with E-state index in [1.54, 1.807) is 0 Å². The molecule has 0 aliphatic heterocycles. The Morgan fingerprint density at radius 3 is 2.30 bits per heavy atom. The Labute approximate surface area is 147 Å². The van der Waals surface area contributed by atoms with Gasteiger partial charge >= 0.3 is 148 Å². The molecule has 2 aromatic rings. The molecule has 0 saturated carbocycles. The first-order chi connectivity index (χ1) is 11.4. The third-order valence-corrected chi connectivity index (χ3v) is 8.41. The summed E-state index contributed by atoms with van der Waals surface area (Å²) in [6.45, 7) is 8.19. The van der Waals surface area contributed by atoms with E-state index in [9.17, 15) is 0 Å². The molecule has 1 heterocycles. The second-order valence-electron chi connectivity index (χ2n) is 7.96. The summed E-state index contributed by atoms with van der Waals surface area (Å²) < 4.78 is 20.9. The number of hydrogen-bond donors (Lipinski definition) is 0.